The van der Waals surface area contributed by atoms with Crippen LogP contribution in [-0.4, -0.2) is 57.9 Å². The van der Waals surface area contributed by atoms with Crippen LogP contribution in [0.15, 0.2) is 0 Å². The Kier molecular flexibility index (Phi) is 5.17. The van der Waals surface area contributed by atoms with Crippen LogP contribution in [-0.2, 0) is 9.53 Å². The molecule has 0 aliphatic heterocycles. The van der Waals surface area contributed by atoms with Gasteiger partial charge in [-0.1, -0.05) is 6.92 Å². The predicted octanol–water partition coefficient (Wildman–Crippen LogP) is -1.99. The van der Waals surface area contributed by atoms with Gasteiger partial charge in [0, 0.05) is 13.5 Å². The van der Waals surface area contributed by atoms with Crippen molar-refractivity contribution in [3.63, 3.8) is 0 Å². The Morgan fingerprint density at radius 1 is 1.50 bits per heavy atom. The van der Waals surface area contributed by atoms with Gasteiger partial charge in [0.05, 0.1) is 6.61 Å². The molecule has 0 aliphatic rings. The van der Waals surface area contributed by atoms with Crippen molar-refractivity contribution in [3.8, 4) is 0 Å². The van der Waals surface area contributed by atoms with Crippen LogP contribution in [0, 0.1) is 0 Å². The van der Waals surface area contributed by atoms with Crippen LogP contribution in [0.2, 0.25) is 0 Å². The molecule has 0 spiro atoms. The minimum absolute atomic E-state index is 0.0560. The Morgan fingerprint density at radius 3 is 2.29 bits per heavy atom. The first-order valence-corrected chi connectivity index (χ1v) is 4.21. The van der Waals surface area contributed by atoms with Crippen molar-refractivity contribution in [1.29, 1.82) is 0 Å². The normalized spacial score (nSPS) is 19.9. The highest BCUT2D eigenvalue weighted by Crippen LogP contribution is 2.18. The largest absolute Gasteiger partial charge is 0.394 e. The van der Waals surface area contributed by atoms with Crippen LogP contribution in [0.5, 0.6) is 0 Å². The number of carbonyl (C=O) groups is 1. The van der Waals surface area contributed by atoms with Gasteiger partial charge in [0.1, 0.15) is 12.2 Å². The number of methoxy groups -OCH3 is 1. The van der Waals surface area contributed by atoms with E-state index in [4.69, 9.17) is 10.2 Å². The fourth-order valence-electron chi connectivity index (χ4n) is 1.01. The summed E-state index contributed by atoms with van der Waals surface area (Å²) in [6.07, 6.45) is -3.56. The fraction of sp³-hybridized carbons (Fsp3) is 0.875. The van der Waals surface area contributed by atoms with Gasteiger partial charge in [-0.25, -0.2) is 0 Å². The average Bonchev–Trinajstić information content (AvgIpc) is 2.24. The van der Waals surface area contributed by atoms with Gasteiger partial charge in [0.15, 0.2) is 5.78 Å². The molecule has 0 aliphatic carbocycles. The van der Waals surface area contributed by atoms with Crippen molar-refractivity contribution < 1.29 is 30.0 Å². The molecule has 0 radical (unpaired) electrons. The van der Waals surface area contributed by atoms with E-state index < -0.39 is 30.4 Å². The molecule has 0 aromatic heterocycles. The number of carbonyl (C=O) groups excluding carboxylic acids is 1. The lowest BCUT2D eigenvalue weighted by molar-refractivity contribution is -0.251. The summed E-state index contributed by atoms with van der Waals surface area (Å²) >= 11 is 0. The van der Waals surface area contributed by atoms with Gasteiger partial charge >= 0.3 is 0 Å². The highest BCUT2D eigenvalue weighted by atomic mass is 16.6. The highest BCUT2D eigenvalue weighted by molar-refractivity contribution is 5.86. The summed E-state index contributed by atoms with van der Waals surface area (Å²) in [5.41, 5.74) is 0. The predicted molar refractivity (Wildman–Crippen MR) is 46.4 cm³/mol. The second-order valence-corrected chi connectivity index (χ2v) is 2.87. The van der Waals surface area contributed by atoms with Crippen LogP contribution < -0.4 is 0 Å². The zero-order valence-electron chi connectivity index (χ0n) is 8.17. The lowest BCUT2D eigenvalue weighted by Crippen LogP contribution is -2.56. The second-order valence-electron chi connectivity index (χ2n) is 2.87. The second kappa shape index (κ2) is 5.38. The van der Waals surface area contributed by atoms with Crippen molar-refractivity contribution >= 4 is 5.78 Å². The van der Waals surface area contributed by atoms with Crippen LogP contribution in [0.1, 0.15) is 13.3 Å². The molecule has 0 rings (SSSR count). The zero-order chi connectivity index (χ0) is 11.4. The molecule has 4 N–H and O–H groups in total. The lowest BCUT2D eigenvalue weighted by Gasteiger charge is -2.31. The summed E-state index contributed by atoms with van der Waals surface area (Å²) < 4.78 is 4.46. The third kappa shape index (κ3) is 2.49. The lowest BCUT2D eigenvalue weighted by atomic mass is 9.99. The number of hydrogen-bond acceptors (Lipinski definition) is 6. The van der Waals surface area contributed by atoms with Gasteiger partial charge < -0.3 is 25.2 Å². The van der Waals surface area contributed by atoms with Gasteiger partial charge in [-0.2, -0.15) is 0 Å². The summed E-state index contributed by atoms with van der Waals surface area (Å²) in [6, 6.07) is 0. The van der Waals surface area contributed by atoms with Gasteiger partial charge in [-0.3, -0.25) is 4.79 Å². The molecule has 0 heterocycles. The molecule has 3 unspecified atom stereocenters. The van der Waals surface area contributed by atoms with E-state index in [9.17, 15) is 15.0 Å². The van der Waals surface area contributed by atoms with E-state index in [2.05, 4.69) is 4.74 Å². The number of hydrogen-bond donors (Lipinski definition) is 4. The molecule has 0 aromatic rings. The molecule has 84 valence electrons. The number of aliphatic hydroxyl groups is 4. The molecular formula is C8H16O6. The third-order valence-corrected chi connectivity index (χ3v) is 1.98. The van der Waals surface area contributed by atoms with E-state index in [0.29, 0.717) is 0 Å². The molecule has 6 heteroatoms. The highest BCUT2D eigenvalue weighted by Gasteiger charge is 2.45. The Morgan fingerprint density at radius 2 is 2.00 bits per heavy atom. The number of aliphatic hydroxyl groups excluding tert-OH is 3. The fourth-order valence-corrected chi connectivity index (χ4v) is 1.01. The van der Waals surface area contributed by atoms with E-state index in [1.807, 2.05) is 0 Å². The SMILES string of the molecule is CCC(=O)C(O)(OC)C(O)C(O)CO. The van der Waals surface area contributed by atoms with Crippen LogP contribution in [0.25, 0.3) is 0 Å². The Labute approximate surface area is 81.7 Å². The topological polar surface area (TPSA) is 107 Å². The summed E-state index contributed by atoms with van der Waals surface area (Å²) in [5.74, 6) is -3.23. The zero-order valence-corrected chi connectivity index (χ0v) is 8.17. The Hall–Kier alpha value is -0.530. The monoisotopic (exact) mass is 208 g/mol. The van der Waals surface area contributed by atoms with Crippen molar-refractivity contribution in [2.24, 2.45) is 0 Å². The number of ether oxygens (including phenoxy) is 1. The Balaban J connectivity index is 4.75. The summed E-state index contributed by atoms with van der Waals surface area (Å²) in [6.45, 7) is 0.703. The molecule has 3 atom stereocenters. The van der Waals surface area contributed by atoms with Gasteiger partial charge in [0.25, 0.3) is 5.79 Å². The van der Waals surface area contributed by atoms with E-state index in [-0.39, 0.29) is 6.42 Å². The molecule has 0 fully saturated rings. The van der Waals surface area contributed by atoms with Gasteiger partial charge in [0.2, 0.25) is 0 Å². The van der Waals surface area contributed by atoms with E-state index in [0.717, 1.165) is 7.11 Å². The average molecular weight is 208 g/mol. The van der Waals surface area contributed by atoms with E-state index in [1.165, 1.54) is 6.92 Å². The number of ketones is 1. The quantitative estimate of drug-likeness (QED) is 0.377. The first-order valence-electron chi connectivity index (χ1n) is 4.21. The van der Waals surface area contributed by atoms with Crippen molar-refractivity contribution in [2.45, 2.75) is 31.3 Å². The first-order chi connectivity index (χ1) is 6.43. The summed E-state index contributed by atoms with van der Waals surface area (Å²) in [7, 11) is 1.03. The molecule has 14 heavy (non-hydrogen) atoms. The maximum absolute atomic E-state index is 11.2. The molecule has 0 saturated heterocycles. The minimum Gasteiger partial charge on any atom is -0.394 e. The molecule has 0 amide bonds. The summed E-state index contributed by atoms with van der Waals surface area (Å²) in [5, 5.41) is 36.5. The number of Topliss-reactive ketones (excluding diaryl/α,β-unsaturated/α-hetero) is 1. The third-order valence-electron chi connectivity index (χ3n) is 1.98. The molecule has 0 saturated carbocycles. The maximum Gasteiger partial charge on any atom is 0.255 e. The van der Waals surface area contributed by atoms with Crippen molar-refractivity contribution in [2.75, 3.05) is 13.7 Å². The standard InChI is InChI=1S/C8H16O6/c1-3-6(11)8(13,14-2)7(12)5(10)4-9/h5,7,9-10,12-13H,3-4H2,1-2H3. The Bertz CT molecular complexity index is 194. The van der Waals surface area contributed by atoms with E-state index in [1.54, 1.807) is 0 Å². The van der Waals surface area contributed by atoms with Crippen molar-refractivity contribution in [1.82, 2.24) is 0 Å². The van der Waals surface area contributed by atoms with Gasteiger partial charge in [-0.15, -0.1) is 0 Å². The summed E-state index contributed by atoms with van der Waals surface area (Å²) in [4.78, 5) is 11.2. The van der Waals surface area contributed by atoms with Crippen LogP contribution >= 0.6 is 0 Å². The molecule has 6 nitrogen and oxygen atoms in total. The van der Waals surface area contributed by atoms with E-state index >= 15 is 0 Å². The van der Waals surface area contributed by atoms with Crippen molar-refractivity contribution in [3.05, 3.63) is 0 Å². The van der Waals surface area contributed by atoms with Crippen LogP contribution in [0.3, 0.4) is 0 Å². The first kappa shape index (κ1) is 13.5. The molecule has 0 bridgehead atoms. The minimum atomic E-state index is -2.46. The smallest absolute Gasteiger partial charge is 0.255 e. The van der Waals surface area contributed by atoms with Crippen LogP contribution in [0.4, 0.5) is 0 Å². The molecular weight excluding hydrogens is 192 g/mol. The number of rotatable bonds is 6. The maximum atomic E-state index is 11.2. The molecule has 0 aromatic carbocycles. The van der Waals surface area contributed by atoms with Gasteiger partial charge in [-0.05, 0) is 0 Å².